The van der Waals surface area contributed by atoms with E-state index < -0.39 is 0 Å². The fourth-order valence-corrected chi connectivity index (χ4v) is 1.92. The van der Waals surface area contributed by atoms with E-state index >= 15 is 0 Å². The molecule has 1 aliphatic heterocycles. The molecular formula is C12H17N3O2. The van der Waals surface area contributed by atoms with Gasteiger partial charge < -0.3 is 15.4 Å². The molecule has 0 aromatic carbocycles. The van der Waals surface area contributed by atoms with Crippen LogP contribution in [-0.4, -0.2) is 41.6 Å². The molecule has 1 atom stereocenters. The summed E-state index contributed by atoms with van der Waals surface area (Å²) in [6.07, 6.45) is 4.14. The molecule has 1 aromatic heterocycles. The van der Waals surface area contributed by atoms with E-state index in [9.17, 15) is 4.79 Å². The molecule has 0 bridgehead atoms. The van der Waals surface area contributed by atoms with Crippen LogP contribution in [-0.2, 0) is 4.74 Å². The third kappa shape index (κ3) is 2.55. The number of anilines is 1. The van der Waals surface area contributed by atoms with E-state index in [4.69, 9.17) is 10.5 Å². The predicted molar refractivity (Wildman–Crippen MR) is 64.6 cm³/mol. The molecule has 0 radical (unpaired) electrons. The number of nitrogens with two attached hydrogens (primary N) is 1. The van der Waals surface area contributed by atoms with Crippen molar-refractivity contribution in [3.8, 4) is 0 Å². The van der Waals surface area contributed by atoms with E-state index in [2.05, 4.69) is 11.9 Å². The molecule has 2 N–H and O–H groups in total. The molecule has 1 fully saturated rings. The van der Waals surface area contributed by atoms with Gasteiger partial charge in [0.1, 0.15) is 0 Å². The van der Waals surface area contributed by atoms with Crippen LogP contribution in [0.25, 0.3) is 0 Å². The van der Waals surface area contributed by atoms with Crippen molar-refractivity contribution in [3.05, 3.63) is 24.0 Å². The smallest absolute Gasteiger partial charge is 0.256 e. The van der Waals surface area contributed by atoms with E-state index in [0.29, 0.717) is 30.9 Å². The Morgan fingerprint density at radius 3 is 3.24 bits per heavy atom. The van der Waals surface area contributed by atoms with Gasteiger partial charge in [-0.1, -0.05) is 6.92 Å². The van der Waals surface area contributed by atoms with Crippen LogP contribution in [0.2, 0.25) is 0 Å². The Balaban J connectivity index is 2.12. The fraction of sp³-hybridized carbons (Fsp3) is 0.500. The van der Waals surface area contributed by atoms with E-state index in [1.54, 1.807) is 17.2 Å². The van der Waals surface area contributed by atoms with E-state index in [0.717, 1.165) is 6.42 Å². The maximum atomic E-state index is 12.2. The summed E-state index contributed by atoms with van der Waals surface area (Å²) in [6.45, 7) is 3.91. The van der Waals surface area contributed by atoms with Crippen LogP contribution < -0.4 is 5.73 Å². The van der Waals surface area contributed by atoms with Gasteiger partial charge in [-0.25, -0.2) is 0 Å². The van der Waals surface area contributed by atoms with Crippen LogP contribution in [0, 0.1) is 0 Å². The lowest BCUT2D eigenvalue weighted by molar-refractivity contribution is -0.0225. The average Bonchev–Trinajstić information content (AvgIpc) is 2.38. The SMILES string of the molecule is CCC1CN(C(=O)c2ccncc2N)CCO1. The van der Waals surface area contributed by atoms with E-state index in [1.807, 2.05) is 0 Å². The zero-order valence-corrected chi connectivity index (χ0v) is 9.93. The van der Waals surface area contributed by atoms with Crippen LogP contribution in [0.5, 0.6) is 0 Å². The van der Waals surface area contributed by atoms with Crippen LogP contribution in [0.15, 0.2) is 18.5 Å². The second-order valence-corrected chi connectivity index (χ2v) is 4.12. The molecule has 5 heteroatoms. The highest BCUT2D eigenvalue weighted by Crippen LogP contribution is 2.15. The summed E-state index contributed by atoms with van der Waals surface area (Å²) >= 11 is 0. The first-order chi connectivity index (χ1) is 8.22. The van der Waals surface area contributed by atoms with Crippen LogP contribution in [0.4, 0.5) is 5.69 Å². The number of amides is 1. The predicted octanol–water partition coefficient (Wildman–Crippen LogP) is 0.915. The lowest BCUT2D eigenvalue weighted by atomic mass is 10.1. The summed E-state index contributed by atoms with van der Waals surface area (Å²) in [5.41, 5.74) is 6.71. The fourth-order valence-electron chi connectivity index (χ4n) is 1.92. The Labute approximate surface area is 101 Å². The number of pyridine rings is 1. The molecule has 2 heterocycles. The molecule has 0 spiro atoms. The number of morpholine rings is 1. The minimum atomic E-state index is -0.0355. The highest BCUT2D eigenvalue weighted by molar-refractivity contribution is 5.98. The highest BCUT2D eigenvalue weighted by Gasteiger charge is 2.24. The first-order valence-electron chi connectivity index (χ1n) is 5.82. The van der Waals surface area contributed by atoms with Gasteiger partial charge in [0.25, 0.3) is 5.91 Å². The van der Waals surface area contributed by atoms with Crippen molar-refractivity contribution in [1.82, 2.24) is 9.88 Å². The highest BCUT2D eigenvalue weighted by atomic mass is 16.5. The molecule has 0 aliphatic carbocycles. The number of nitrogen functional groups attached to an aromatic ring is 1. The number of hydrogen-bond acceptors (Lipinski definition) is 4. The number of carbonyl (C=O) groups excluding carboxylic acids is 1. The zero-order valence-electron chi connectivity index (χ0n) is 9.93. The maximum Gasteiger partial charge on any atom is 0.256 e. The first kappa shape index (κ1) is 11.9. The quantitative estimate of drug-likeness (QED) is 0.827. The maximum absolute atomic E-state index is 12.2. The summed E-state index contributed by atoms with van der Waals surface area (Å²) < 4.78 is 5.54. The van der Waals surface area contributed by atoms with Gasteiger partial charge in [-0.15, -0.1) is 0 Å². The summed E-state index contributed by atoms with van der Waals surface area (Å²) in [4.78, 5) is 17.9. The Morgan fingerprint density at radius 2 is 2.53 bits per heavy atom. The number of rotatable bonds is 2. The minimum absolute atomic E-state index is 0.0355. The molecule has 1 amide bonds. The molecule has 1 aliphatic rings. The lowest BCUT2D eigenvalue weighted by Crippen LogP contribution is -2.45. The summed E-state index contributed by atoms with van der Waals surface area (Å²) in [5, 5.41) is 0. The standard InChI is InChI=1S/C12H17N3O2/c1-2-9-8-15(5-6-17-9)12(16)10-3-4-14-7-11(10)13/h3-4,7,9H,2,5-6,8,13H2,1H3. The minimum Gasteiger partial charge on any atom is -0.397 e. The third-order valence-electron chi connectivity index (χ3n) is 2.96. The van der Waals surface area contributed by atoms with Gasteiger partial charge in [0, 0.05) is 19.3 Å². The number of ether oxygens (including phenoxy) is 1. The van der Waals surface area contributed by atoms with Gasteiger partial charge in [0.15, 0.2) is 0 Å². The molecule has 1 unspecified atom stereocenters. The van der Waals surface area contributed by atoms with Crippen LogP contribution >= 0.6 is 0 Å². The van der Waals surface area contributed by atoms with Gasteiger partial charge in [0.2, 0.25) is 0 Å². The van der Waals surface area contributed by atoms with Crippen molar-refractivity contribution < 1.29 is 9.53 Å². The Hall–Kier alpha value is -1.62. The second-order valence-electron chi connectivity index (χ2n) is 4.12. The molecule has 0 saturated carbocycles. The Kier molecular flexibility index (Phi) is 3.58. The van der Waals surface area contributed by atoms with Crippen molar-refractivity contribution in [2.75, 3.05) is 25.4 Å². The van der Waals surface area contributed by atoms with E-state index in [-0.39, 0.29) is 12.0 Å². The van der Waals surface area contributed by atoms with Gasteiger partial charge in [-0.2, -0.15) is 0 Å². The number of aromatic nitrogens is 1. The zero-order chi connectivity index (χ0) is 12.3. The van der Waals surface area contributed by atoms with Gasteiger partial charge in [0.05, 0.1) is 30.2 Å². The largest absolute Gasteiger partial charge is 0.397 e. The first-order valence-corrected chi connectivity index (χ1v) is 5.82. The van der Waals surface area contributed by atoms with Gasteiger partial charge >= 0.3 is 0 Å². The summed E-state index contributed by atoms with van der Waals surface area (Å²) in [6, 6.07) is 1.66. The Bertz CT molecular complexity index is 408. The molecular weight excluding hydrogens is 218 g/mol. The number of hydrogen-bond donors (Lipinski definition) is 1. The molecule has 92 valence electrons. The third-order valence-corrected chi connectivity index (χ3v) is 2.96. The van der Waals surface area contributed by atoms with Crippen LogP contribution in [0.3, 0.4) is 0 Å². The van der Waals surface area contributed by atoms with Crippen molar-refractivity contribution in [2.24, 2.45) is 0 Å². The summed E-state index contributed by atoms with van der Waals surface area (Å²) in [5.74, 6) is -0.0355. The lowest BCUT2D eigenvalue weighted by Gasteiger charge is -2.32. The molecule has 1 aromatic rings. The number of carbonyl (C=O) groups is 1. The van der Waals surface area contributed by atoms with Gasteiger partial charge in [-0.3, -0.25) is 9.78 Å². The van der Waals surface area contributed by atoms with E-state index in [1.165, 1.54) is 6.20 Å². The van der Waals surface area contributed by atoms with Crippen molar-refractivity contribution in [3.63, 3.8) is 0 Å². The topological polar surface area (TPSA) is 68.5 Å². The molecule has 1 saturated heterocycles. The Morgan fingerprint density at radius 1 is 1.71 bits per heavy atom. The molecule has 5 nitrogen and oxygen atoms in total. The average molecular weight is 235 g/mol. The van der Waals surface area contributed by atoms with Crippen molar-refractivity contribution >= 4 is 11.6 Å². The van der Waals surface area contributed by atoms with Gasteiger partial charge in [-0.05, 0) is 12.5 Å². The normalized spacial score (nSPS) is 20.3. The van der Waals surface area contributed by atoms with Crippen molar-refractivity contribution in [1.29, 1.82) is 0 Å². The monoisotopic (exact) mass is 235 g/mol. The second kappa shape index (κ2) is 5.14. The number of nitrogens with zero attached hydrogens (tertiary/aromatic N) is 2. The summed E-state index contributed by atoms with van der Waals surface area (Å²) in [7, 11) is 0. The van der Waals surface area contributed by atoms with Crippen molar-refractivity contribution in [2.45, 2.75) is 19.4 Å². The molecule has 17 heavy (non-hydrogen) atoms. The molecule has 2 rings (SSSR count). The van der Waals surface area contributed by atoms with Crippen LogP contribution in [0.1, 0.15) is 23.7 Å².